The summed E-state index contributed by atoms with van der Waals surface area (Å²) in [7, 11) is 0. The molecule has 0 bridgehead atoms. The van der Waals surface area contributed by atoms with Crippen molar-refractivity contribution in [3.05, 3.63) is 23.8 Å². The lowest BCUT2D eigenvalue weighted by Gasteiger charge is -2.18. The minimum absolute atomic E-state index is 0.120. The summed E-state index contributed by atoms with van der Waals surface area (Å²) in [4.78, 5) is 10.3. The molecule has 1 aliphatic rings. The quantitative estimate of drug-likeness (QED) is 0.785. The lowest BCUT2D eigenvalue weighted by molar-refractivity contribution is -0.135. The van der Waals surface area contributed by atoms with Gasteiger partial charge in [-0.25, -0.2) is 0 Å². The van der Waals surface area contributed by atoms with Gasteiger partial charge in [-0.05, 0) is 17.7 Å². The van der Waals surface area contributed by atoms with Crippen LogP contribution in [0.15, 0.2) is 18.2 Å². The summed E-state index contributed by atoms with van der Waals surface area (Å²) in [5, 5.41) is 8.43. The van der Waals surface area contributed by atoms with Crippen LogP contribution >= 0.6 is 0 Å². The first kappa shape index (κ1) is 11.3. The first-order valence-electron chi connectivity index (χ1n) is 5.32. The molecule has 1 aromatic carbocycles. The van der Waals surface area contributed by atoms with E-state index in [1.165, 1.54) is 0 Å². The van der Waals surface area contributed by atoms with E-state index in [9.17, 15) is 4.79 Å². The van der Waals surface area contributed by atoms with Crippen molar-refractivity contribution in [2.75, 3.05) is 13.2 Å². The Morgan fingerprint density at radius 2 is 2.00 bits per heavy atom. The van der Waals surface area contributed by atoms with E-state index < -0.39 is 5.97 Å². The molecular formula is C13H12O4. The molecule has 1 heterocycles. The molecule has 2 rings (SSSR count). The zero-order valence-electron chi connectivity index (χ0n) is 9.23. The number of carbonyl (C=O) groups is 1. The molecule has 1 N–H and O–H groups in total. The average Bonchev–Trinajstić information content (AvgIpc) is 2.34. The summed E-state index contributed by atoms with van der Waals surface area (Å²) >= 11 is 0. The molecule has 88 valence electrons. The van der Waals surface area contributed by atoms with Gasteiger partial charge in [0.25, 0.3) is 0 Å². The summed E-state index contributed by atoms with van der Waals surface area (Å²) in [6.45, 7) is 1.13. The van der Waals surface area contributed by atoms with Crippen LogP contribution < -0.4 is 9.47 Å². The SMILES string of the molecule is O=C(O)CC#CCc1ccc2c(c1)OCCO2. The third kappa shape index (κ3) is 3.15. The van der Waals surface area contributed by atoms with E-state index in [-0.39, 0.29) is 6.42 Å². The van der Waals surface area contributed by atoms with Crippen LogP contribution in [0.25, 0.3) is 0 Å². The summed E-state index contributed by atoms with van der Waals surface area (Å²) < 4.78 is 10.8. The maximum atomic E-state index is 10.3. The third-order valence-corrected chi connectivity index (χ3v) is 2.26. The average molecular weight is 232 g/mol. The van der Waals surface area contributed by atoms with E-state index in [1.54, 1.807) is 0 Å². The fourth-order valence-electron chi connectivity index (χ4n) is 1.50. The van der Waals surface area contributed by atoms with Crippen molar-refractivity contribution in [2.45, 2.75) is 12.8 Å². The zero-order chi connectivity index (χ0) is 12.1. The van der Waals surface area contributed by atoms with Gasteiger partial charge in [0.2, 0.25) is 0 Å². The molecule has 0 aromatic heterocycles. The van der Waals surface area contributed by atoms with Gasteiger partial charge in [-0.2, -0.15) is 0 Å². The van der Waals surface area contributed by atoms with Gasteiger partial charge in [-0.15, -0.1) is 0 Å². The number of carboxylic acid groups (broad SMARTS) is 1. The Morgan fingerprint density at radius 3 is 2.76 bits per heavy atom. The van der Waals surface area contributed by atoms with Crippen LogP contribution in [0.5, 0.6) is 11.5 Å². The minimum atomic E-state index is -0.903. The topological polar surface area (TPSA) is 55.8 Å². The van der Waals surface area contributed by atoms with Crippen LogP contribution in [0, 0.1) is 11.8 Å². The number of hydrogen-bond donors (Lipinski definition) is 1. The van der Waals surface area contributed by atoms with E-state index in [0.717, 1.165) is 17.1 Å². The van der Waals surface area contributed by atoms with Gasteiger partial charge in [0.1, 0.15) is 19.6 Å². The van der Waals surface area contributed by atoms with Crippen molar-refractivity contribution in [2.24, 2.45) is 0 Å². The van der Waals surface area contributed by atoms with E-state index in [1.807, 2.05) is 18.2 Å². The normalized spacial score (nSPS) is 12.5. The van der Waals surface area contributed by atoms with Crippen LogP contribution in [0.3, 0.4) is 0 Å². The standard InChI is InChI=1S/C13H12O4/c14-13(15)4-2-1-3-10-5-6-11-12(9-10)17-8-7-16-11/h5-6,9H,3-4,7-8H2,(H,14,15). The second-order valence-corrected chi connectivity index (χ2v) is 3.58. The summed E-state index contributed by atoms with van der Waals surface area (Å²) in [5.74, 6) is 5.98. The van der Waals surface area contributed by atoms with Gasteiger partial charge in [-0.3, -0.25) is 4.79 Å². The molecule has 1 aliphatic heterocycles. The Hall–Kier alpha value is -2.15. The number of benzene rings is 1. The van der Waals surface area contributed by atoms with Crippen LogP contribution in [-0.4, -0.2) is 24.3 Å². The predicted molar refractivity (Wildman–Crippen MR) is 61.2 cm³/mol. The smallest absolute Gasteiger partial charge is 0.315 e. The summed E-state index contributed by atoms with van der Waals surface area (Å²) in [6.07, 6.45) is 0.397. The Morgan fingerprint density at radius 1 is 1.24 bits per heavy atom. The van der Waals surface area contributed by atoms with Crippen LogP contribution in [0.2, 0.25) is 0 Å². The first-order valence-corrected chi connectivity index (χ1v) is 5.32. The van der Waals surface area contributed by atoms with Crippen molar-refractivity contribution >= 4 is 5.97 Å². The van der Waals surface area contributed by atoms with Gasteiger partial charge in [-0.1, -0.05) is 17.9 Å². The van der Waals surface area contributed by atoms with Crippen molar-refractivity contribution in [3.63, 3.8) is 0 Å². The van der Waals surface area contributed by atoms with Gasteiger partial charge >= 0.3 is 5.97 Å². The zero-order valence-corrected chi connectivity index (χ0v) is 9.23. The van der Waals surface area contributed by atoms with Crippen molar-refractivity contribution in [1.82, 2.24) is 0 Å². The minimum Gasteiger partial charge on any atom is -0.486 e. The van der Waals surface area contributed by atoms with Gasteiger partial charge in [0.15, 0.2) is 11.5 Å². The molecular weight excluding hydrogens is 220 g/mol. The molecule has 0 saturated carbocycles. The number of carboxylic acids is 1. The van der Waals surface area contributed by atoms with Gasteiger partial charge in [0.05, 0.1) is 0 Å². The molecule has 0 saturated heterocycles. The number of ether oxygens (including phenoxy) is 2. The van der Waals surface area contributed by atoms with Crippen molar-refractivity contribution < 1.29 is 19.4 Å². The highest BCUT2D eigenvalue weighted by molar-refractivity contribution is 5.69. The Balaban J connectivity index is 2.01. The fraction of sp³-hybridized carbons (Fsp3) is 0.308. The van der Waals surface area contributed by atoms with Crippen LogP contribution in [0.4, 0.5) is 0 Å². The second kappa shape index (κ2) is 5.26. The molecule has 0 amide bonds. The van der Waals surface area contributed by atoms with E-state index in [4.69, 9.17) is 14.6 Å². The van der Waals surface area contributed by atoms with E-state index in [2.05, 4.69) is 11.8 Å². The summed E-state index contributed by atoms with van der Waals surface area (Å²) in [6, 6.07) is 5.63. The number of fused-ring (bicyclic) bond motifs is 1. The highest BCUT2D eigenvalue weighted by atomic mass is 16.6. The van der Waals surface area contributed by atoms with E-state index in [0.29, 0.717) is 19.6 Å². The molecule has 1 aromatic rings. The maximum Gasteiger partial charge on any atom is 0.315 e. The predicted octanol–water partition coefficient (Wildman–Crippen LogP) is 1.48. The highest BCUT2D eigenvalue weighted by Gasteiger charge is 2.10. The van der Waals surface area contributed by atoms with Crippen LogP contribution in [0.1, 0.15) is 12.0 Å². The third-order valence-electron chi connectivity index (χ3n) is 2.26. The molecule has 0 spiro atoms. The number of hydrogen-bond acceptors (Lipinski definition) is 3. The molecule has 4 heteroatoms. The molecule has 17 heavy (non-hydrogen) atoms. The monoisotopic (exact) mass is 232 g/mol. The number of aliphatic carboxylic acids is 1. The molecule has 0 atom stereocenters. The van der Waals surface area contributed by atoms with Crippen molar-refractivity contribution in [3.8, 4) is 23.3 Å². The molecule has 0 radical (unpaired) electrons. The Labute approximate surface area is 99.2 Å². The molecule has 4 nitrogen and oxygen atoms in total. The number of rotatable bonds is 2. The van der Waals surface area contributed by atoms with E-state index >= 15 is 0 Å². The molecule has 0 aliphatic carbocycles. The molecule has 0 unspecified atom stereocenters. The summed E-state index contributed by atoms with van der Waals surface area (Å²) in [5.41, 5.74) is 0.993. The lowest BCUT2D eigenvalue weighted by atomic mass is 10.1. The van der Waals surface area contributed by atoms with Gasteiger partial charge in [0, 0.05) is 6.42 Å². The Kier molecular flexibility index (Phi) is 3.51. The Bertz CT molecular complexity index is 482. The maximum absolute atomic E-state index is 10.3. The van der Waals surface area contributed by atoms with Crippen molar-refractivity contribution in [1.29, 1.82) is 0 Å². The lowest BCUT2D eigenvalue weighted by Crippen LogP contribution is -2.15. The highest BCUT2D eigenvalue weighted by Crippen LogP contribution is 2.30. The van der Waals surface area contributed by atoms with Crippen LogP contribution in [-0.2, 0) is 11.2 Å². The fourth-order valence-corrected chi connectivity index (χ4v) is 1.50. The largest absolute Gasteiger partial charge is 0.486 e. The first-order chi connectivity index (χ1) is 8.25. The second-order valence-electron chi connectivity index (χ2n) is 3.58. The molecule has 0 fully saturated rings. The van der Waals surface area contributed by atoms with Gasteiger partial charge < -0.3 is 14.6 Å².